The molecule has 2 fully saturated rings. The number of amides is 1. The second kappa shape index (κ2) is 7.62. The van der Waals surface area contributed by atoms with Crippen LogP contribution < -0.4 is 10.7 Å². The van der Waals surface area contributed by atoms with Gasteiger partial charge < -0.3 is 19.4 Å². The van der Waals surface area contributed by atoms with Gasteiger partial charge in [0.05, 0.1) is 18.6 Å². The molecule has 0 atom stereocenters. The third-order valence-electron chi connectivity index (χ3n) is 5.90. The number of hydrogen-bond acceptors (Lipinski definition) is 6. The molecule has 4 heterocycles. The average Bonchev–Trinajstić information content (AvgIpc) is 3.23. The highest BCUT2D eigenvalue weighted by Crippen LogP contribution is 2.40. The summed E-state index contributed by atoms with van der Waals surface area (Å²) in [5.74, 6) is -0.916. The molecule has 5 rings (SSSR count). The Labute approximate surface area is 172 Å². The average molecular weight is 406 g/mol. The molecule has 154 valence electrons. The number of carbonyl (C=O) groups excluding carboxylic acids is 1. The van der Waals surface area contributed by atoms with Crippen LogP contribution in [-0.4, -0.2) is 39.4 Å². The summed E-state index contributed by atoms with van der Waals surface area (Å²) in [5.41, 5.74) is 0.955. The van der Waals surface area contributed by atoms with Crippen LogP contribution in [0.3, 0.4) is 0 Å². The second-order valence-corrected chi connectivity index (χ2v) is 7.68. The Morgan fingerprint density at radius 2 is 1.83 bits per heavy atom. The summed E-state index contributed by atoms with van der Waals surface area (Å²) in [6.07, 6.45) is 9.68. The van der Waals surface area contributed by atoms with Crippen molar-refractivity contribution in [1.82, 2.24) is 14.5 Å². The van der Waals surface area contributed by atoms with E-state index in [4.69, 9.17) is 9.47 Å². The van der Waals surface area contributed by atoms with Gasteiger partial charge in [0.25, 0.3) is 5.91 Å². The van der Waals surface area contributed by atoms with E-state index in [1.54, 1.807) is 49.1 Å². The van der Waals surface area contributed by atoms with Gasteiger partial charge in [0, 0.05) is 49.4 Å². The maximum atomic E-state index is 13.0. The Morgan fingerprint density at radius 1 is 1.10 bits per heavy atom. The number of carbonyl (C=O) groups is 1. The molecule has 0 radical (unpaired) electrons. The van der Waals surface area contributed by atoms with Crippen molar-refractivity contribution in [3.8, 4) is 0 Å². The van der Waals surface area contributed by atoms with E-state index < -0.39 is 11.7 Å². The quantitative estimate of drug-likeness (QED) is 0.719. The topological polar surface area (TPSA) is 95.3 Å². The molecule has 0 aromatic carbocycles. The lowest BCUT2D eigenvalue weighted by Crippen LogP contribution is -2.36. The summed E-state index contributed by atoms with van der Waals surface area (Å²) in [6, 6.07) is 6.91. The van der Waals surface area contributed by atoms with Gasteiger partial charge in [0.2, 0.25) is 5.43 Å². The van der Waals surface area contributed by atoms with E-state index in [0.29, 0.717) is 29.9 Å². The van der Waals surface area contributed by atoms with Gasteiger partial charge in [-0.3, -0.25) is 14.6 Å². The van der Waals surface area contributed by atoms with Gasteiger partial charge >= 0.3 is 0 Å². The van der Waals surface area contributed by atoms with Crippen LogP contribution in [0.1, 0.15) is 42.1 Å². The predicted molar refractivity (Wildman–Crippen MR) is 110 cm³/mol. The summed E-state index contributed by atoms with van der Waals surface area (Å²) in [6.45, 7) is 1.26. The molecule has 1 N–H and O–H groups in total. The molecule has 2 aliphatic rings. The number of hydrogen-bond donors (Lipinski definition) is 1. The van der Waals surface area contributed by atoms with Crippen LogP contribution in [0.5, 0.6) is 0 Å². The Balaban J connectivity index is 1.51. The maximum Gasteiger partial charge on any atom is 0.261 e. The lowest BCUT2D eigenvalue weighted by molar-refractivity contribution is -0.181. The number of fused-ring (bicyclic) bond motifs is 1. The molecule has 0 unspecified atom stereocenters. The zero-order chi connectivity index (χ0) is 20.6. The fraction of sp³-hybridized carbons (Fsp3) is 0.364. The van der Waals surface area contributed by atoms with Gasteiger partial charge in [-0.2, -0.15) is 0 Å². The number of nitrogens with one attached hydrogen (secondary N) is 1. The lowest BCUT2D eigenvalue weighted by atomic mass is 9.89. The minimum Gasteiger partial charge on any atom is -0.348 e. The Morgan fingerprint density at radius 3 is 2.57 bits per heavy atom. The summed E-state index contributed by atoms with van der Waals surface area (Å²) < 4.78 is 13.6. The first-order valence-corrected chi connectivity index (χ1v) is 10.1. The molecule has 30 heavy (non-hydrogen) atoms. The van der Waals surface area contributed by atoms with E-state index in [9.17, 15) is 9.59 Å². The summed E-state index contributed by atoms with van der Waals surface area (Å²) in [7, 11) is 0. The SMILES string of the molecule is O=C(Nc1ccncc1)c1cn(C2CCC3(CC2)OCCO3)c2ncccc2c1=O. The molecular formula is C22H22N4O4. The van der Waals surface area contributed by atoms with E-state index in [0.717, 1.165) is 25.7 Å². The monoisotopic (exact) mass is 406 g/mol. The molecule has 8 heteroatoms. The van der Waals surface area contributed by atoms with E-state index in [2.05, 4.69) is 15.3 Å². The highest BCUT2D eigenvalue weighted by molar-refractivity contribution is 6.05. The smallest absolute Gasteiger partial charge is 0.261 e. The minimum atomic E-state index is -0.472. The Kier molecular flexibility index (Phi) is 4.80. The van der Waals surface area contributed by atoms with Gasteiger partial charge in [-0.15, -0.1) is 0 Å². The van der Waals surface area contributed by atoms with E-state index in [1.165, 1.54) is 0 Å². The van der Waals surface area contributed by atoms with Gasteiger partial charge in [-0.25, -0.2) is 4.98 Å². The molecule has 3 aromatic heterocycles. The summed E-state index contributed by atoms with van der Waals surface area (Å²) in [5, 5.41) is 3.22. The van der Waals surface area contributed by atoms with E-state index >= 15 is 0 Å². The molecule has 0 bridgehead atoms. The van der Waals surface area contributed by atoms with Crippen molar-refractivity contribution in [3.63, 3.8) is 0 Å². The Hall–Kier alpha value is -3.10. The summed E-state index contributed by atoms with van der Waals surface area (Å²) in [4.78, 5) is 34.3. The first-order valence-electron chi connectivity index (χ1n) is 10.1. The standard InChI is InChI=1S/C22H22N4O4/c27-19-17-2-1-9-24-20(17)26(16-3-7-22(8-4-16)29-12-13-30-22)14-18(19)21(28)25-15-5-10-23-11-6-15/h1-2,5-6,9-11,14,16H,3-4,7-8,12-13H2,(H,23,25,28). The van der Waals surface area contributed by atoms with Crippen molar-refractivity contribution >= 4 is 22.6 Å². The van der Waals surface area contributed by atoms with Crippen LogP contribution in [0.4, 0.5) is 5.69 Å². The van der Waals surface area contributed by atoms with E-state index in [-0.39, 0.29) is 17.0 Å². The van der Waals surface area contributed by atoms with Crippen molar-refractivity contribution in [2.75, 3.05) is 18.5 Å². The first-order chi connectivity index (χ1) is 14.7. The van der Waals surface area contributed by atoms with Crippen LogP contribution in [0.15, 0.2) is 53.8 Å². The number of ether oxygens (including phenoxy) is 2. The highest BCUT2D eigenvalue weighted by Gasteiger charge is 2.41. The maximum absolute atomic E-state index is 13.0. The molecule has 1 aliphatic heterocycles. The third kappa shape index (κ3) is 3.38. The van der Waals surface area contributed by atoms with Crippen molar-refractivity contribution in [2.24, 2.45) is 0 Å². The molecule has 1 aliphatic carbocycles. The van der Waals surface area contributed by atoms with Crippen molar-refractivity contribution in [1.29, 1.82) is 0 Å². The fourth-order valence-electron chi connectivity index (χ4n) is 4.36. The number of rotatable bonds is 3. The molecule has 1 saturated heterocycles. The molecule has 1 spiro atoms. The molecule has 8 nitrogen and oxygen atoms in total. The number of aromatic nitrogens is 3. The van der Waals surface area contributed by atoms with Gasteiger partial charge in [0.1, 0.15) is 11.2 Å². The molecular weight excluding hydrogens is 384 g/mol. The zero-order valence-electron chi connectivity index (χ0n) is 16.4. The largest absolute Gasteiger partial charge is 0.348 e. The van der Waals surface area contributed by atoms with Crippen molar-refractivity contribution in [2.45, 2.75) is 37.5 Å². The van der Waals surface area contributed by atoms with Gasteiger partial charge in [-0.05, 0) is 37.1 Å². The first kappa shape index (κ1) is 18.9. The third-order valence-corrected chi connectivity index (χ3v) is 5.90. The number of nitrogens with zero attached hydrogens (tertiary/aromatic N) is 3. The zero-order valence-corrected chi connectivity index (χ0v) is 16.4. The lowest BCUT2D eigenvalue weighted by Gasteiger charge is -2.36. The van der Waals surface area contributed by atoms with E-state index in [1.807, 2.05) is 4.57 Å². The fourth-order valence-corrected chi connectivity index (χ4v) is 4.36. The molecule has 1 amide bonds. The predicted octanol–water partition coefficient (Wildman–Crippen LogP) is 2.90. The Bertz CT molecular complexity index is 1130. The molecule has 3 aromatic rings. The highest BCUT2D eigenvalue weighted by atomic mass is 16.7. The van der Waals surface area contributed by atoms with Crippen LogP contribution in [0.2, 0.25) is 0 Å². The van der Waals surface area contributed by atoms with Crippen LogP contribution in [0.25, 0.3) is 11.0 Å². The summed E-state index contributed by atoms with van der Waals surface area (Å²) >= 11 is 0. The minimum absolute atomic E-state index is 0.0981. The van der Waals surface area contributed by atoms with Gasteiger partial charge in [-0.1, -0.05) is 0 Å². The van der Waals surface area contributed by atoms with Crippen LogP contribution in [0, 0.1) is 0 Å². The van der Waals surface area contributed by atoms with Gasteiger partial charge in [0.15, 0.2) is 5.79 Å². The van der Waals surface area contributed by atoms with Crippen LogP contribution >= 0.6 is 0 Å². The van der Waals surface area contributed by atoms with Crippen molar-refractivity contribution < 1.29 is 14.3 Å². The van der Waals surface area contributed by atoms with Crippen molar-refractivity contribution in [3.05, 3.63) is 64.8 Å². The van der Waals surface area contributed by atoms with Crippen LogP contribution in [-0.2, 0) is 9.47 Å². The molecule has 1 saturated carbocycles. The second-order valence-electron chi connectivity index (χ2n) is 7.68. The number of pyridine rings is 3. The number of anilines is 1. The normalized spacial score (nSPS) is 18.7.